The maximum atomic E-state index is 16.0. The van der Waals surface area contributed by atoms with Crippen molar-refractivity contribution in [1.82, 2.24) is 29.1 Å². The van der Waals surface area contributed by atoms with Crippen molar-refractivity contribution in [3.05, 3.63) is 28.7 Å². The number of ketones is 1. The van der Waals surface area contributed by atoms with Crippen molar-refractivity contribution in [1.29, 1.82) is 0 Å². The molecular weight excluding hydrogens is 701 g/mol. The lowest BCUT2D eigenvalue weighted by Gasteiger charge is -2.28. The molecule has 0 spiro atoms. The van der Waals surface area contributed by atoms with Crippen molar-refractivity contribution >= 4 is 85.7 Å². The van der Waals surface area contributed by atoms with Crippen molar-refractivity contribution in [3.8, 4) is 0 Å². The molecule has 2 unspecified atom stereocenters. The SMILES string of the molecule is Nc1nc2c(ncn2[C@@H]2S[C@@H]3COP(=O)(O)O[C@H]4[C@H](F)[C@H](n5cnc6c5N=CCC6=O)O[C@@H]4COP(O)(=S)O[C@@H]2[C@@H]3S)c(=O)[nH]1. The van der Waals surface area contributed by atoms with Crippen molar-refractivity contribution in [2.45, 2.75) is 53.0 Å². The van der Waals surface area contributed by atoms with E-state index >= 15 is 4.39 Å². The Morgan fingerprint density at radius 2 is 1.93 bits per heavy atom. The van der Waals surface area contributed by atoms with Gasteiger partial charge in [-0.25, -0.2) is 23.9 Å². The Kier molecular flexibility index (Phi) is 8.10. The van der Waals surface area contributed by atoms with Gasteiger partial charge in [0.2, 0.25) is 5.95 Å². The number of hydrogen-bond donors (Lipinski definition) is 5. The number of ether oxygens (including phenoxy) is 1. The molecule has 3 aromatic heterocycles. The fraction of sp³-hybridized carbons (Fsp3) is 0.524. The summed E-state index contributed by atoms with van der Waals surface area (Å²) >= 11 is 11.1. The number of thiol groups is 1. The number of phosphoric ester groups is 1. The molecule has 3 fully saturated rings. The average Bonchev–Trinajstić information content (AvgIpc) is 3.72. The zero-order valence-corrected chi connectivity index (χ0v) is 26.7. The third-order valence-corrected chi connectivity index (χ3v) is 12.4. The number of aromatic nitrogens is 6. The van der Waals surface area contributed by atoms with Gasteiger partial charge in [-0.05, 0) is 11.8 Å². The Morgan fingerprint density at radius 1 is 1.16 bits per heavy atom. The number of aliphatic imine (C=N–C) groups is 1. The van der Waals surface area contributed by atoms with Crippen LogP contribution in [0, 0.1) is 0 Å². The van der Waals surface area contributed by atoms with Gasteiger partial charge in [0.15, 0.2) is 40.9 Å². The van der Waals surface area contributed by atoms with Gasteiger partial charge in [-0.15, -0.1) is 11.8 Å². The number of aromatic amines is 1. The normalized spacial score (nSPS) is 38.8. The molecule has 0 amide bonds. The van der Waals surface area contributed by atoms with Gasteiger partial charge in [0.1, 0.15) is 23.7 Å². The third kappa shape index (κ3) is 5.74. The molecular formula is C21H23FN8O10P2S3. The lowest BCUT2D eigenvalue weighted by molar-refractivity contribution is -0.0454. The van der Waals surface area contributed by atoms with E-state index in [2.05, 4.69) is 37.6 Å². The quantitative estimate of drug-likeness (QED) is 0.184. The first-order valence-corrected chi connectivity index (χ1v) is 18.7. The summed E-state index contributed by atoms with van der Waals surface area (Å²) in [7, 11) is -4.96. The van der Waals surface area contributed by atoms with Crippen molar-refractivity contribution in [2.24, 2.45) is 4.99 Å². The van der Waals surface area contributed by atoms with Crippen LogP contribution in [0.1, 0.15) is 28.5 Å². The molecule has 242 valence electrons. The zero-order valence-electron chi connectivity index (χ0n) is 22.4. The smallest absolute Gasteiger partial charge is 0.369 e. The minimum absolute atomic E-state index is 0.0139. The summed E-state index contributed by atoms with van der Waals surface area (Å²) in [5.74, 6) is -0.459. The minimum Gasteiger partial charge on any atom is -0.369 e. The van der Waals surface area contributed by atoms with Crippen LogP contribution in [0.15, 0.2) is 22.4 Å². The summed E-state index contributed by atoms with van der Waals surface area (Å²) in [6, 6.07) is 0. The Bertz CT molecular complexity index is 1880. The highest BCUT2D eigenvalue weighted by atomic mass is 32.5. The second kappa shape index (κ2) is 11.6. The highest BCUT2D eigenvalue weighted by Crippen LogP contribution is 2.57. The summed E-state index contributed by atoms with van der Waals surface area (Å²) in [5.41, 5.74) is 5.26. The lowest BCUT2D eigenvalue weighted by Crippen LogP contribution is -2.34. The van der Waals surface area contributed by atoms with Gasteiger partial charge in [0.25, 0.3) is 5.56 Å². The number of anilines is 1. The van der Waals surface area contributed by atoms with Gasteiger partial charge in [-0.2, -0.15) is 17.6 Å². The van der Waals surface area contributed by atoms with E-state index in [4.69, 9.17) is 40.4 Å². The molecule has 3 saturated heterocycles. The number of nitrogen functional groups attached to an aromatic ring is 1. The first-order chi connectivity index (χ1) is 21.3. The molecule has 18 nitrogen and oxygen atoms in total. The number of alkyl halides is 1. The predicted octanol–water partition coefficient (Wildman–Crippen LogP) is 1.17. The molecule has 7 heterocycles. The summed E-state index contributed by atoms with van der Waals surface area (Å²) in [6.45, 7) is -5.23. The standard InChI is InChI=1S/C21H23FN8O10P2S3/c22-10-13-8(38-19(10)29-5-25-11-7(31)1-2-24-16(11)29)3-37-42(35,44)40-14-15(43)9(4-36-41(33,34)39-13)45-20(14)30-6-26-12-17(30)27-21(23)28-18(12)32/h2,5-6,8-10,13-15,19-20,43H,1,3-4H2,(H,33,34)(H,35,44)(H3,23,27,28,32)/t8-,9-,10+,13-,14-,15-,19-,20-,42?/m1/s1. The van der Waals surface area contributed by atoms with Crippen LogP contribution in [0.5, 0.6) is 0 Å². The van der Waals surface area contributed by atoms with E-state index in [1.165, 1.54) is 17.1 Å². The summed E-state index contributed by atoms with van der Waals surface area (Å²) in [5, 5.41) is -2.29. The highest BCUT2D eigenvalue weighted by molar-refractivity contribution is 8.07. The van der Waals surface area contributed by atoms with E-state index in [-0.39, 0.29) is 40.8 Å². The van der Waals surface area contributed by atoms with Gasteiger partial charge in [-0.3, -0.25) is 32.8 Å². The Labute approximate surface area is 266 Å². The van der Waals surface area contributed by atoms with Crippen LogP contribution in [0.2, 0.25) is 0 Å². The van der Waals surface area contributed by atoms with Crippen LogP contribution >= 0.6 is 38.9 Å². The Morgan fingerprint density at radius 3 is 2.73 bits per heavy atom. The number of thioether (sulfide) groups is 1. The fourth-order valence-corrected chi connectivity index (χ4v) is 10.2. The van der Waals surface area contributed by atoms with Gasteiger partial charge < -0.3 is 29.3 Å². The molecule has 0 aromatic carbocycles. The molecule has 45 heavy (non-hydrogen) atoms. The van der Waals surface area contributed by atoms with E-state index in [0.29, 0.717) is 0 Å². The maximum absolute atomic E-state index is 16.0. The molecule has 0 saturated carbocycles. The number of rotatable bonds is 2. The van der Waals surface area contributed by atoms with E-state index in [9.17, 15) is 23.9 Å². The minimum atomic E-state index is -4.96. The maximum Gasteiger partial charge on any atom is 0.472 e. The Hall–Kier alpha value is -2.07. The highest BCUT2D eigenvalue weighted by Gasteiger charge is 2.53. The second-order valence-electron chi connectivity index (χ2n) is 10.3. The molecule has 5 N–H and O–H groups in total. The lowest BCUT2D eigenvalue weighted by atomic mass is 10.1. The number of carbonyl (C=O) groups excluding carboxylic acids is 1. The van der Waals surface area contributed by atoms with Crippen LogP contribution in [0.4, 0.5) is 16.2 Å². The first kappa shape index (κ1) is 31.5. The summed E-state index contributed by atoms with van der Waals surface area (Å²) < 4.78 is 59.6. The average molecular weight is 725 g/mol. The van der Waals surface area contributed by atoms with E-state index in [0.717, 1.165) is 22.7 Å². The monoisotopic (exact) mass is 724 g/mol. The molecule has 0 radical (unpaired) electrons. The molecule has 4 aliphatic rings. The van der Waals surface area contributed by atoms with Gasteiger partial charge in [-0.1, -0.05) is 0 Å². The molecule has 10 atom stereocenters. The van der Waals surface area contributed by atoms with Crippen LogP contribution in [-0.2, 0) is 39.2 Å². The predicted molar refractivity (Wildman–Crippen MR) is 162 cm³/mol. The zero-order chi connectivity index (χ0) is 31.8. The first-order valence-electron chi connectivity index (χ1n) is 13.1. The van der Waals surface area contributed by atoms with Gasteiger partial charge in [0.05, 0.1) is 25.9 Å². The number of halogens is 1. The van der Waals surface area contributed by atoms with Crippen LogP contribution < -0.4 is 11.3 Å². The molecule has 4 aliphatic heterocycles. The largest absolute Gasteiger partial charge is 0.472 e. The number of nitrogens with zero attached hydrogens (tertiary/aromatic N) is 6. The third-order valence-electron chi connectivity index (χ3n) is 7.41. The number of nitrogens with two attached hydrogens (primary N) is 1. The van der Waals surface area contributed by atoms with E-state index in [1.807, 2.05) is 0 Å². The van der Waals surface area contributed by atoms with Crippen LogP contribution in [-0.4, -0.2) is 99.1 Å². The number of hydrogen-bond acceptors (Lipinski definition) is 16. The second-order valence-corrected chi connectivity index (χ2v) is 16.4. The molecule has 3 aromatic rings. The topological polar surface area (TPSA) is 241 Å². The number of carbonyl (C=O) groups is 1. The van der Waals surface area contributed by atoms with Crippen molar-refractivity contribution in [2.75, 3.05) is 18.9 Å². The number of phosphoric acid groups is 1. The number of Topliss-reactive ketones (excluding diaryl/α,β-unsaturated/α-hetero) is 1. The number of imidazole rings is 2. The van der Waals surface area contributed by atoms with E-state index in [1.54, 1.807) is 0 Å². The van der Waals surface area contributed by atoms with Crippen LogP contribution in [0.25, 0.3) is 11.2 Å². The molecule has 0 aliphatic carbocycles. The fourth-order valence-electron chi connectivity index (χ4n) is 5.38. The van der Waals surface area contributed by atoms with Crippen LogP contribution in [0.3, 0.4) is 0 Å². The number of H-pyrrole nitrogens is 1. The number of fused-ring (bicyclic) bond motifs is 5. The molecule has 7 rings (SSSR count). The van der Waals surface area contributed by atoms with Crippen molar-refractivity contribution < 1.29 is 46.4 Å². The van der Waals surface area contributed by atoms with Gasteiger partial charge >= 0.3 is 14.5 Å². The summed E-state index contributed by atoms with van der Waals surface area (Å²) in [6.07, 6.45) is -3.98. The molecule has 24 heteroatoms. The molecule has 2 bridgehead atoms. The number of nitrogens with one attached hydrogen (secondary N) is 1. The Balaban J connectivity index is 1.20. The summed E-state index contributed by atoms with van der Waals surface area (Å²) in [4.78, 5) is 65.1. The van der Waals surface area contributed by atoms with Crippen molar-refractivity contribution in [3.63, 3.8) is 0 Å². The van der Waals surface area contributed by atoms with Gasteiger partial charge in [0, 0.05) is 23.1 Å². The van der Waals surface area contributed by atoms with E-state index < -0.39 is 79.9 Å².